The molecule has 7 heteroatoms. The molecule has 0 saturated heterocycles. The first-order chi connectivity index (χ1) is 11.0. The zero-order valence-corrected chi connectivity index (χ0v) is 14.3. The molecule has 1 heterocycles. The summed E-state index contributed by atoms with van der Waals surface area (Å²) in [6, 6.07) is 7.83. The summed E-state index contributed by atoms with van der Waals surface area (Å²) in [5.74, 6) is 0.369. The van der Waals surface area contributed by atoms with Crippen molar-refractivity contribution in [1.82, 2.24) is 9.97 Å². The van der Waals surface area contributed by atoms with E-state index in [9.17, 15) is 10.1 Å². The minimum absolute atomic E-state index is 0.0309. The number of aryl methyl sites for hydroxylation is 1. The van der Waals surface area contributed by atoms with E-state index in [0.29, 0.717) is 10.8 Å². The monoisotopic (exact) mass is 332 g/mol. The fourth-order valence-corrected chi connectivity index (χ4v) is 2.94. The number of nitro groups is 1. The minimum atomic E-state index is -0.395. The minimum Gasteiger partial charge on any atom is -0.354 e. The van der Waals surface area contributed by atoms with Crippen molar-refractivity contribution in [3.63, 3.8) is 0 Å². The number of anilines is 1. The molecule has 122 valence electrons. The lowest BCUT2D eigenvalue weighted by atomic mass is 10.2. The molecule has 0 atom stereocenters. The molecular weight excluding hydrogens is 312 g/mol. The number of hydrogen-bond donors (Lipinski definition) is 0. The van der Waals surface area contributed by atoms with Gasteiger partial charge in [0.25, 0.3) is 0 Å². The van der Waals surface area contributed by atoms with Crippen molar-refractivity contribution in [2.75, 3.05) is 18.5 Å². The third-order valence-corrected chi connectivity index (χ3v) is 4.40. The molecule has 0 saturated carbocycles. The van der Waals surface area contributed by atoms with Crippen LogP contribution in [0.25, 0.3) is 0 Å². The molecule has 0 bridgehead atoms. The molecule has 23 heavy (non-hydrogen) atoms. The van der Waals surface area contributed by atoms with Crippen molar-refractivity contribution in [2.24, 2.45) is 0 Å². The highest BCUT2D eigenvalue weighted by atomic mass is 32.2. The highest BCUT2D eigenvalue weighted by molar-refractivity contribution is 7.99. The highest BCUT2D eigenvalue weighted by Crippen LogP contribution is 2.37. The van der Waals surface area contributed by atoms with Crippen LogP contribution < -0.4 is 4.90 Å². The molecule has 0 N–H and O–H groups in total. The largest absolute Gasteiger partial charge is 0.354 e. The standard InChI is InChI=1S/C16H20N4O2S/c1-4-5-10-19(3)15-14(20(21)22)16(18-11-17-15)23-13-8-6-12(2)7-9-13/h6-9,11H,4-5,10H2,1-3H3. The van der Waals surface area contributed by atoms with Gasteiger partial charge in [0.2, 0.25) is 5.82 Å². The molecule has 2 rings (SSSR count). The van der Waals surface area contributed by atoms with Crippen molar-refractivity contribution in [2.45, 2.75) is 36.6 Å². The van der Waals surface area contributed by atoms with E-state index in [4.69, 9.17) is 0 Å². The Morgan fingerprint density at radius 2 is 1.96 bits per heavy atom. The van der Waals surface area contributed by atoms with E-state index in [0.717, 1.165) is 29.8 Å². The van der Waals surface area contributed by atoms with Gasteiger partial charge in [0, 0.05) is 18.5 Å². The first kappa shape index (κ1) is 17.2. The Morgan fingerprint density at radius 3 is 2.57 bits per heavy atom. The average Bonchev–Trinajstić information content (AvgIpc) is 2.54. The van der Waals surface area contributed by atoms with Gasteiger partial charge in [-0.3, -0.25) is 10.1 Å². The lowest BCUT2D eigenvalue weighted by Crippen LogP contribution is -2.21. The molecule has 0 aliphatic rings. The summed E-state index contributed by atoms with van der Waals surface area (Å²) in [5.41, 5.74) is 1.11. The average molecular weight is 332 g/mol. The van der Waals surface area contributed by atoms with E-state index in [-0.39, 0.29) is 5.69 Å². The molecule has 0 aliphatic carbocycles. The summed E-state index contributed by atoms with van der Waals surface area (Å²) in [4.78, 5) is 22.1. The lowest BCUT2D eigenvalue weighted by Gasteiger charge is -2.18. The summed E-state index contributed by atoms with van der Waals surface area (Å²) in [5, 5.41) is 11.9. The zero-order valence-electron chi connectivity index (χ0n) is 13.5. The summed E-state index contributed by atoms with van der Waals surface area (Å²) in [6.07, 6.45) is 3.37. The van der Waals surface area contributed by atoms with Gasteiger partial charge in [0.1, 0.15) is 6.33 Å². The van der Waals surface area contributed by atoms with Gasteiger partial charge in [-0.1, -0.05) is 42.8 Å². The predicted octanol–water partition coefficient (Wildman–Crippen LogP) is 4.08. The number of rotatable bonds is 7. The van der Waals surface area contributed by atoms with Crippen LogP contribution in [0.15, 0.2) is 40.5 Å². The van der Waals surface area contributed by atoms with Gasteiger partial charge in [-0.05, 0) is 25.5 Å². The quantitative estimate of drug-likeness (QED) is 0.432. The van der Waals surface area contributed by atoms with Crippen LogP contribution in [0.1, 0.15) is 25.3 Å². The summed E-state index contributed by atoms with van der Waals surface area (Å²) < 4.78 is 0. The Kier molecular flexibility index (Phi) is 5.92. The van der Waals surface area contributed by atoms with Gasteiger partial charge < -0.3 is 4.90 Å². The van der Waals surface area contributed by atoms with Crippen molar-refractivity contribution < 1.29 is 4.92 Å². The molecule has 0 spiro atoms. The second-order valence-corrected chi connectivity index (χ2v) is 6.36. The van der Waals surface area contributed by atoms with E-state index in [1.54, 1.807) is 0 Å². The number of nitrogens with zero attached hydrogens (tertiary/aromatic N) is 4. The molecule has 0 radical (unpaired) electrons. The van der Waals surface area contributed by atoms with Crippen LogP contribution in [-0.4, -0.2) is 28.5 Å². The van der Waals surface area contributed by atoms with Crippen LogP contribution in [0.5, 0.6) is 0 Å². The van der Waals surface area contributed by atoms with Crippen LogP contribution in [0.3, 0.4) is 0 Å². The Hall–Kier alpha value is -2.15. The van der Waals surface area contributed by atoms with Crippen molar-refractivity contribution in [3.05, 3.63) is 46.3 Å². The van der Waals surface area contributed by atoms with Gasteiger partial charge in [-0.2, -0.15) is 0 Å². The maximum absolute atomic E-state index is 11.6. The normalized spacial score (nSPS) is 10.6. The SMILES string of the molecule is CCCCN(C)c1ncnc(Sc2ccc(C)cc2)c1[N+](=O)[O-]. The maximum atomic E-state index is 11.6. The molecular formula is C16H20N4O2S. The zero-order chi connectivity index (χ0) is 16.8. The van der Waals surface area contributed by atoms with Gasteiger partial charge in [0.05, 0.1) is 4.92 Å². The summed E-state index contributed by atoms with van der Waals surface area (Å²) in [6.45, 7) is 4.81. The second kappa shape index (κ2) is 7.92. The van der Waals surface area contributed by atoms with Gasteiger partial charge >= 0.3 is 5.69 Å². The molecule has 6 nitrogen and oxygen atoms in total. The number of aromatic nitrogens is 2. The molecule has 1 aromatic carbocycles. The van der Waals surface area contributed by atoms with Gasteiger partial charge in [-0.15, -0.1) is 0 Å². The van der Waals surface area contributed by atoms with Gasteiger partial charge in [0.15, 0.2) is 5.03 Å². The van der Waals surface area contributed by atoms with Crippen LogP contribution in [0.2, 0.25) is 0 Å². The van der Waals surface area contributed by atoms with Crippen molar-refractivity contribution in [3.8, 4) is 0 Å². The van der Waals surface area contributed by atoms with Crippen LogP contribution >= 0.6 is 11.8 Å². The molecule has 1 aromatic heterocycles. The third kappa shape index (κ3) is 4.41. The molecule has 0 amide bonds. The fraction of sp³-hybridized carbons (Fsp3) is 0.375. The van der Waals surface area contributed by atoms with Crippen molar-refractivity contribution in [1.29, 1.82) is 0 Å². The van der Waals surface area contributed by atoms with E-state index in [2.05, 4.69) is 16.9 Å². The van der Waals surface area contributed by atoms with E-state index >= 15 is 0 Å². The Morgan fingerprint density at radius 1 is 1.26 bits per heavy atom. The predicted molar refractivity (Wildman–Crippen MR) is 92.2 cm³/mol. The number of benzene rings is 1. The summed E-state index contributed by atoms with van der Waals surface area (Å²) in [7, 11) is 1.82. The Labute approximate surface area is 140 Å². The number of hydrogen-bond acceptors (Lipinski definition) is 6. The van der Waals surface area contributed by atoms with Crippen LogP contribution in [0.4, 0.5) is 11.5 Å². The maximum Gasteiger partial charge on any atom is 0.343 e. The molecule has 0 aliphatic heterocycles. The first-order valence-electron chi connectivity index (χ1n) is 7.48. The summed E-state index contributed by atoms with van der Waals surface area (Å²) >= 11 is 1.29. The topological polar surface area (TPSA) is 72.2 Å². The van der Waals surface area contributed by atoms with Crippen molar-refractivity contribution >= 4 is 23.3 Å². The molecule has 0 unspecified atom stereocenters. The first-order valence-corrected chi connectivity index (χ1v) is 8.29. The van der Waals surface area contributed by atoms with Crippen LogP contribution in [0, 0.1) is 17.0 Å². The second-order valence-electron chi connectivity index (χ2n) is 5.30. The molecule has 2 aromatic rings. The smallest absolute Gasteiger partial charge is 0.343 e. The van der Waals surface area contributed by atoms with E-state index in [1.807, 2.05) is 43.1 Å². The highest BCUT2D eigenvalue weighted by Gasteiger charge is 2.25. The van der Waals surface area contributed by atoms with E-state index < -0.39 is 4.92 Å². The third-order valence-electron chi connectivity index (χ3n) is 3.40. The van der Waals surface area contributed by atoms with Crippen LogP contribution in [-0.2, 0) is 0 Å². The lowest BCUT2D eigenvalue weighted by molar-refractivity contribution is -0.387. The molecule has 0 fully saturated rings. The fourth-order valence-electron chi connectivity index (χ4n) is 2.09. The Bertz CT molecular complexity index is 676. The number of unbranched alkanes of at least 4 members (excludes halogenated alkanes) is 1. The Balaban J connectivity index is 2.35. The van der Waals surface area contributed by atoms with Gasteiger partial charge in [-0.25, -0.2) is 9.97 Å². The van der Waals surface area contributed by atoms with E-state index in [1.165, 1.54) is 18.1 Å².